The molecule has 124 valence electrons. The Kier molecular flexibility index (Phi) is 7.44. The van der Waals surface area contributed by atoms with Gasteiger partial charge in [-0.3, -0.25) is 4.90 Å². The zero-order valence-electron chi connectivity index (χ0n) is 14.5. The minimum atomic E-state index is 0.774. The topological polar surface area (TPSA) is 21.8 Å². The summed E-state index contributed by atoms with van der Waals surface area (Å²) in [6, 6.07) is 0.774. The van der Waals surface area contributed by atoms with Crippen molar-refractivity contribution in [1.82, 2.24) is 20.0 Å². The van der Waals surface area contributed by atoms with Crippen LogP contribution in [0.2, 0.25) is 0 Å². The fourth-order valence-corrected chi connectivity index (χ4v) is 3.83. The van der Waals surface area contributed by atoms with Crippen molar-refractivity contribution in [1.29, 1.82) is 0 Å². The summed E-state index contributed by atoms with van der Waals surface area (Å²) in [5.41, 5.74) is 0. The molecule has 1 aliphatic heterocycles. The maximum atomic E-state index is 3.72. The lowest BCUT2D eigenvalue weighted by atomic mass is 9.84. The molecule has 0 aromatic rings. The molecule has 0 aromatic heterocycles. The van der Waals surface area contributed by atoms with Gasteiger partial charge in [0, 0.05) is 51.9 Å². The van der Waals surface area contributed by atoms with Crippen molar-refractivity contribution in [3.63, 3.8) is 0 Å². The zero-order chi connectivity index (χ0) is 15.1. The lowest BCUT2D eigenvalue weighted by Gasteiger charge is -2.40. The van der Waals surface area contributed by atoms with Gasteiger partial charge in [0.25, 0.3) is 0 Å². The molecular formula is C17H36N4. The van der Waals surface area contributed by atoms with E-state index in [-0.39, 0.29) is 0 Å². The molecule has 2 unspecified atom stereocenters. The molecule has 4 nitrogen and oxygen atoms in total. The normalized spacial score (nSPS) is 29.1. The van der Waals surface area contributed by atoms with Crippen LogP contribution in [0.25, 0.3) is 0 Å². The predicted molar refractivity (Wildman–Crippen MR) is 90.9 cm³/mol. The number of rotatable bonds is 7. The molecule has 1 N–H and O–H groups in total. The highest BCUT2D eigenvalue weighted by Crippen LogP contribution is 2.25. The first-order valence-electron chi connectivity index (χ1n) is 9.02. The van der Waals surface area contributed by atoms with Gasteiger partial charge in [-0.25, -0.2) is 0 Å². The molecule has 0 bridgehead atoms. The molecule has 1 saturated carbocycles. The second-order valence-corrected chi connectivity index (χ2v) is 7.15. The van der Waals surface area contributed by atoms with E-state index in [1.54, 1.807) is 0 Å². The summed E-state index contributed by atoms with van der Waals surface area (Å²) >= 11 is 0. The van der Waals surface area contributed by atoms with E-state index in [0.29, 0.717) is 0 Å². The van der Waals surface area contributed by atoms with Crippen molar-refractivity contribution < 1.29 is 0 Å². The maximum absolute atomic E-state index is 3.72. The molecule has 0 radical (unpaired) electrons. The van der Waals surface area contributed by atoms with Crippen LogP contribution in [0.15, 0.2) is 0 Å². The van der Waals surface area contributed by atoms with Gasteiger partial charge in [-0.05, 0) is 39.4 Å². The fourth-order valence-electron chi connectivity index (χ4n) is 3.83. The lowest BCUT2D eigenvalue weighted by molar-refractivity contribution is 0.0956. The molecule has 1 heterocycles. The Labute approximate surface area is 131 Å². The van der Waals surface area contributed by atoms with Crippen molar-refractivity contribution in [2.24, 2.45) is 5.92 Å². The summed E-state index contributed by atoms with van der Waals surface area (Å²) < 4.78 is 0. The van der Waals surface area contributed by atoms with E-state index in [1.165, 1.54) is 71.5 Å². The Morgan fingerprint density at radius 1 is 1.00 bits per heavy atom. The van der Waals surface area contributed by atoms with Crippen LogP contribution in [0.3, 0.4) is 0 Å². The van der Waals surface area contributed by atoms with E-state index in [9.17, 15) is 0 Å². The van der Waals surface area contributed by atoms with Crippen LogP contribution in [0.5, 0.6) is 0 Å². The van der Waals surface area contributed by atoms with Crippen molar-refractivity contribution in [3.05, 3.63) is 0 Å². The molecule has 2 aliphatic rings. The molecule has 2 fully saturated rings. The van der Waals surface area contributed by atoms with Crippen LogP contribution in [0.4, 0.5) is 0 Å². The average Bonchev–Trinajstić information content (AvgIpc) is 2.49. The largest absolute Gasteiger partial charge is 0.314 e. The fraction of sp³-hybridized carbons (Fsp3) is 1.00. The van der Waals surface area contributed by atoms with Gasteiger partial charge in [-0.2, -0.15) is 0 Å². The van der Waals surface area contributed by atoms with Crippen LogP contribution in [-0.2, 0) is 0 Å². The summed E-state index contributed by atoms with van der Waals surface area (Å²) in [5.74, 6) is 0.882. The monoisotopic (exact) mass is 296 g/mol. The average molecular weight is 297 g/mol. The Balaban J connectivity index is 1.69. The highest BCUT2D eigenvalue weighted by Gasteiger charge is 2.27. The van der Waals surface area contributed by atoms with Crippen molar-refractivity contribution in [3.8, 4) is 0 Å². The first kappa shape index (κ1) is 17.2. The van der Waals surface area contributed by atoms with E-state index in [0.717, 1.165) is 18.5 Å². The highest BCUT2D eigenvalue weighted by molar-refractivity contribution is 4.84. The molecule has 1 saturated heterocycles. The van der Waals surface area contributed by atoms with Crippen LogP contribution < -0.4 is 5.32 Å². The third-order valence-electron chi connectivity index (χ3n) is 5.20. The van der Waals surface area contributed by atoms with E-state index in [1.807, 2.05) is 0 Å². The van der Waals surface area contributed by atoms with Crippen molar-refractivity contribution in [2.45, 2.75) is 38.6 Å². The lowest BCUT2D eigenvalue weighted by Crippen LogP contribution is -2.51. The van der Waals surface area contributed by atoms with E-state index in [4.69, 9.17) is 0 Å². The number of hydrogen-bond acceptors (Lipinski definition) is 4. The molecule has 4 heteroatoms. The number of likely N-dealkylation sites (N-methyl/N-ethyl adjacent to an activating group) is 1. The molecule has 0 spiro atoms. The standard InChI is InChI=1S/C17H36N4/c1-4-18-17-8-6-5-7-16(17)15-21-13-11-20(12-14-21)10-9-19(2)3/h16-18H,4-15H2,1-3H3. The van der Waals surface area contributed by atoms with E-state index in [2.05, 4.69) is 41.0 Å². The van der Waals surface area contributed by atoms with Crippen molar-refractivity contribution in [2.75, 3.05) is 66.5 Å². The summed E-state index contributed by atoms with van der Waals surface area (Å²) in [5, 5.41) is 3.72. The smallest absolute Gasteiger partial charge is 0.0110 e. The summed E-state index contributed by atoms with van der Waals surface area (Å²) in [7, 11) is 4.33. The van der Waals surface area contributed by atoms with Gasteiger partial charge in [0.2, 0.25) is 0 Å². The molecule has 21 heavy (non-hydrogen) atoms. The van der Waals surface area contributed by atoms with Gasteiger partial charge in [0.1, 0.15) is 0 Å². The van der Waals surface area contributed by atoms with Gasteiger partial charge in [-0.1, -0.05) is 19.8 Å². The van der Waals surface area contributed by atoms with Gasteiger partial charge in [0.15, 0.2) is 0 Å². The Morgan fingerprint density at radius 2 is 1.67 bits per heavy atom. The van der Waals surface area contributed by atoms with Crippen LogP contribution in [0, 0.1) is 5.92 Å². The van der Waals surface area contributed by atoms with Crippen LogP contribution in [0.1, 0.15) is 32.6 Å². The third kappa shape index (κ3) is 5.85. The van der Waals surface area contributed by atoms with Gasteiger partial charge >= 0.3 is 0 Å². The molecule has 0 amide bonds. The van der Waals surface area contributed by atoms with Crippen LogP contribution >= 0.6 is 0 Å². The van der Waals surface area contributed by atoms with E-state index < -0.39 is 0 Å². The number of nitrogens with zero attached hydrogens (tertiary/aromatic N) is 3. The Hall–Kier alpha value is -0.160. The molecule has 2 atom stereocenters. The maximum Gasteiger partial charge on any atom is 0.0110 e. The second kappa shape index (κ2) is 9.09. The van der Waals surface area contributed by atoms with Gasteiger partial charge in [0.05, 0.1) is 0 Å². The second-order valence-electron chi connectivity index (χ2n) is 7.15. The van der Waals surface area contributed by atoms with E-state index >= 15 is 0 Å². The number of piperazine rings is 1. The first-order chi connectivity index (χ1) is 10.2. The molecule has 1 aliphatic carbocycles. The van der Waals surface area contributed by atoms with Crippen molar-refractivity contribution >= 4 is 0 Å². The molecule has 2 rings (SSSR count). The minimum Gasteiger partial charge on any atom is -0.314 e. The summed E-state index contributed by atoms with van der Waals surface area (Å²) in [4.78, 5) is 7.63. The quantitative estimate of drug-likeness (QED) is 0.765. The number of hydrogen-bond donors (Lipinski definition) is 1. The predicted octanol–water partition coefficient (Wildman–Crippen LogP) is 1.33. The van der Waals surface area contributed by atoms with Gasteiger partial charge in [-0.15, -0.1) is 0 Å². The summed E-state index contributed by atoms with van der Waals surface area (Å²) in [6.45, 7) is 12.1. The zero-order valence-corrected chi connectivity index (χ0v) is 14.5. The summed E-state index contributed by atoms with van der Waals surface area (Å²) in [6.07, 6.45) is 5.68. The first-order valence-corrected chi connectivity index (χ1v) is 9.02. The van der Waals surface area contributed by atoms with Crippen LogP contribution in [-0.4, -0.2) is 87.2 Å². The minimum absolute atomic E-state index is 0.774. The SMILES string of the molecule is CCNC1CCCCC1CN1CCN(CCN(C)C)CC1. The highest BCUT2D eigenvalue weighted by atomic mass is 15.3. The molecular weight excluding hydrogens is 260 g/mol. The number of nitrogens with one attached hydrogen (secondary N) is 1. The molecule has 0 aromatic carbocycles. The Morgan fingerprint density at radius 3 is 2.33 bits per heavy atom. The third-order valence-corrected chi connectivity index (χ3v) is 5.20. The Bertz CT molecular complexity index is 272. The van der Waals surface area contributed by atoms with Gasteiger partial charge < -0.3 is 15.1 Å².